The highest BCUT2D eigenvalue weighted by atomic mass is 19.4. The highest BCUT2D eigenvalue weighted by molar-refractivity contribution is 6.04. The molecule has 0 radical (unpaired) electrons. The molecule has 0 aliphatic rings. The van der Waals surface area contributed by atoms with Crippen molar-refractivity contribution in [3.63, 3.8) is 0 Å². The van der Waals surface area contributed by atoms with E-state index in [-0.39, 0.29) is 17.7 Å². The van der Waals surface area contributed by atoms with Crippen LogP contribution >= 0.6 is 0 Å². The van der Waals surface area contributed by atoms with E-state index in [9.17, 15) is 31.1 Å². The molecule has 0 unspecified atom stereocenters. The van der Waals surface area contributed by atoms with Crippen molar-refractivity contribution in [3.8, 4) is 5.82 Å². The zero-order chi connectivity index (χ0) is 20.5. The van der Waals surface area contributed by atoms with Crippen molar-refractivity contribution in [2.45, 2.75) is 12.4 Å². The molecule has 7 nitrogen and oxygen atoms in total. The Morgan fingerprint density at radius 3 is 2.07 bits per heavy atom. The Hall–Kier alpha value is -3.51. The summed E-state index contributed by atoms with van der Waals surface area (Å²) >= 11 is 0. The molecule has 0 saturated heterocycles. The average Bonchev–Trinajstić information content (AvgIpc) is 3.15. The normalized spacial score (nSPS) is 12.1. The maximum absolute atomic E-state index is 12.9. The quantitative estimate of drug-likeness (QED) is 0.680. The maximum Gasteiger partial charge on any atom is 0.416 e. The Morgan fingerprint density at radius 2 is 1.54 bits per heavy atom. The molecule has 2 heterocycles. The Morgan fingerprint density at radius 1 is 0.893 bits per heavy atom. The number of amides is 1. The lowest BCUT2D eigenvalue weighted by Gasteiger charge is -2.14. The standard InChI is InChI=1S/C15H8F6N6O/c16-14(17,18)9-1-8(2-10(3-9)15(19,20)21)13(28)26-11-4-12(24-6-23-11)27-7-22-5-25-27/h1-7H,(H,23,24,26,28). The number of nitrogens with one attached hydrogen (secondary N) is 1. The minimum atomic E-state index is -5.06. The highest BCUT2D eigenvalue weighted by Crippen LogP contribution is 2.36. The SMILES string of the molecule is O=C(Nc1cc(-n2cncn2)ncn1)c1cc(C(F)(F)F)cc(C(F)(F)F)c1. The number of nitrogens with zero attached hydrogens (tertiary/aromatic N) is 5. The number of halogens is 6. The van der Waals surface area contributed by atoms with E-state index in [1.54, 1.807) is 0 Å². The number of aromatic nitrogens is 5. The van der Waals surface area contributed by atoms with Gasteiger partial charge in [0.25, 0.3) is 5.91 Å². The van der Waals surface area contributed by atoms with Crippen molar-refractivity contribution >= 4 is 11.7 Å². The van der Waals surface area contributed by atoms with E-state index in [2.05, 4.69) is 25.4 Å². The number of alkyl halides is 6. The summed E-state index contributed by atoms with van der Waals surface area (Å²) in [5.41, 5.74) is -4.03. The lowest BCUT2D eigenvalue weighted by atomic mass is 10.0. The fourth-order valence-corrected chi connectivity index (χ4v) is 2.14. The van der Waals surface area contributed by atoms with Crippen molar-refractivity contribution in [2.24, 2.45) is 0 Å². The number of anilines is 1. The molecule has 146 valence electrons. The predicted octanol–water partition coefficient (Wildman–Crippen LogP) is 3.35. The molecule has 3 rings (SSSR count). The third kappa shape index (κ3) is 4.24. The zero-order valence-corrected chi connectivity index (χ0v) is 13.5. The molecule has 13 heteroatoms. The number of benzene rings is 1. The summed E-state index contributed by atoms with van der Waals surface area (Å²) in [7, 11) is 0. The van der Waals surface area contributed by atoms with E-state index >= 15 is 0 Å². The van der Waals surface area contributed by atoms with E-state index in [4.69, 9.17) is 0 Å². The molecule has 0 aliphatic carbocycles. The number of carbonyl (C=O) groups excluding carboxylic acids is 1. The molecule has 0 atom stereocenters. The molecule has 0 fully saturated rings. The monoisotopic (exact) mass is 402 g/mol. The van der Waals surface area contributed by atoms with Gasteiger partial charge in [0.15, 0.2) is 5.82 Å². The first kappa shape index (κ1) is 19.3. The van der Waals surface area contributed by atoms with Crippen LogP contribution in [0.2, 0.25) is 0 Å². The molecule has 28 heavy (non-hydrogen) atoms. The number of rotatable bonds is 3. The van der Waals surface area contributed by atoms with Gasteiger partial charge >= 0.3 is 12.4 Å². The van der Waals surface area contributed by atoms with Crippen molar-refractivity contribution in [2.75, 3.05) is 5.32 Å². The molecule has 1 aromatic carbocycles. The lowest BCUT2D eigenvalue weighted by molar-refractivity contribution is -0.143. The predicted molar refractivity (Wildman–Crippen MR) is 81.3 cm³/mol. The van der Waals surface area contributed by atoms with Gasteiger partial charge in [0.05, 0.1) is 11.1 Å². The second-order valence-electron chi connectivity index (χ2n) is 5.35. The van der Waals surface area contributed by atoms with Gasteiger partial charge in [-0.15, -0.1) is 0 Å². The van der Waals surface area contributed by atoms with Gasteiger partial charge in [-0.05, 0) is 18.2 Å². The molecule has 0 aliphatic heterocycles. The van der Waals surface area contributed by atoms with Gasteiger partial charge in [-0.25, -0.2) is 19.6 Å². The summed E-state index contributed by atoms with van der Waals surface area (Å²) in [5, 5.41) is 5.93. The number of carbonyl (C=O) groups is 1. The largest absolute Gasteiger partial charge is 0.416 e. The molecule has 1 amide bonds. The van der Waals surface area contributed by atoms with E-state index in [0.717, 1.165) is 6.33 Å². The average molecular weight is 402 g/mol. The maximum atomic E-state index is 12.9. The first-order chi connectivity index (χ1) is 13.0. The van der Waals surface area contributed by atoms with Crippen LogP contribution in [0.25, 0.3) is 5.82 Å². The first-order valence-electron chi connectivity index (χ1n) is 7.32. The van der Waals surface area contributed by atoms with E-state index < -0.39 is 35.0 Å². The fourth-order valence-electron chi connectivity index (χ4n) is 2.14. The summed E-state index contributed by atoms with van der Waals surface area (Å²) in [6.07, 6.45) is -6.60. The Kier molecular flexibility index (Phi) is 4.75. The molecule has 3 aromatic rings. The van der Waals surface area contributed by atoms with Crippen LogP contribution in [0, 0.1) is 0 Å². The fraction of sp³-hybridized carbons (Fsp3) is 0.133. The molecule has 0 saturated carbocycles. The molecule has 2 aromatic heterocycles. The van der Waals surface area contributed by atoms with E-state index in [0.29, 0.717) is 12.1 Å². The van der Waals surface area contributed by atoms with Gasteiger partial charge in [-0.2, -0.15) is 31.4 Å². The van der Waals surface area contributed by atoms with Crippen LogP contribution in [0.1, 0.15) is 21.5 Å². The summed E-state index contributed by atoms with van der Waals surface area (Å²) in [5.74, 6) is -1.20. The second-order valence-corrected chi connectivity index (χ2v) is 5.35. The van der Waals surface area contributed by atoms with Crippen LogP contribution in [-0.2, 0) is 12.4 Å². The molecule has 0 bridgehead atoms. The lowest BCUT2D eigenvalue weighted by Crippen LogP contribution is -2.18. The third-order valence-electron chi connectivity index (χ3n) is 3.40. The molecule has 1 N–H and O–H groups in total. The summed E-state index contributed by atoms with van der Waals surface area (Å²) in [6.45, 7) is 0. The van der Waals surface area contributed by atoms with Crippen LogP contribution in [-0.4, -0.2) is 30.6 Å². The molecule has 0 spiro atoms. The Balaban J connectivity index is 1.93. The van der Waals surface area contributed by atoms with Crippen molar-refractivity contribution in [3.05, 3.63) is 59.9 Å². The van der Waals surface area contributed by atoms with Gasteiger partial charge in [0.1, 0.15) is 24.8 Å². The first-order valence-corrected chi connectivity index (χ1v) is 7.32. The van der Waals surface area contributed by atoms with E-state index in [1.165, 1.54) is 23.4 Å². The number of hydrogen-bond acceptors (Lipinski definition) is 5. The summed E-state index contributed by atoms with van der Waals surface area (Å²) in [6, 6.07) is 1.79. The highest BCUT2D eigenvalue weighted by Gasteiger charge is 2.37. The molecular weight excluding hydrogens is 394 g/mol. The molecular formula is C15H8F6N6O. The summed E-state index contributed by atoms with van der Waals surface area (Å²) in [4.78, 5) is 23.5. The second kappa shape index (κ2) is 6.90. The minimum Gasteiger partial charge on any atom is -0.306 e. The van der Waals surface area contributed by atoms with Crippen LogP contribution in [0.3, 0.4) is 0 Å². The minimum absolute atomic E-state index is 0.0652. The zero-order valence-electron chi connectivity index (χ0n) is 13.5. The van der Waals surface area contributed by atoms with Crippen LogP contribution in [0.4, 0.5) is 32.2 Å². The third-order valence-corrected chi connectivity index (χ3v) is 3.40. The topological polar surface area (TPSA) is 85.6 Å². The van der Waals surface area contributed by atoms with Crippen molar-refractivity contribution < 1.29 is 31.1 Å². The van der Waals surface area contributed by atoms with Crippen LogP contribution < -0.4 is 5.32 Å². The van der Waals surface area contributed by atoms with Gasteiger partial charge < -0.3 is 5.32 Å². The van der Waals surface area contributed by atoms with Crippen molar-refractivity contribution in [1.82, 2.24) is 24.7 Å². The van der Waals surface area contributed by atoms with Crippen LogP contribution in [0.5, 0.6) is 0 Å². The van der Waals surface area contributed by atoms with E-state index in [1.807, 2.05) is 0 Å². The summed E-state index contributed by atoms with van der Waals surface area (Å²) < 4.78 is 78.6. The van der Waals surface area contributed by atoms with Gasteiger partial charge in [-0.1, -0.05) is 0 Å². The Labute approximate surface area is 152 Å². The van der Waals surface area contributed by atoms with Gasteiger partial charge in [-0.3, -0.25) is 4.79 Å². The number of hydrogen-bond donors (Lipinski definition) is 1. The van der Waals surface area contributed by atoms with Gasteiger partial charge in [0, 0.05) is 11.6 Å². The van der Waals surface area contributed by atoms with Crippen molar-refractivity contribution in [1.29, 1.82) is 0 Å². The smallest absolute Gasteiger partial charge is 0.306 e. The van der Waals surface area contributed by atoms with Gasteiger partial charge in [0.2, 0.25) is 0 Å². The Bertz CT molecular complexity index is 967. The van der Waals surface area contributed by atoms with Crippen LogP contribution in [0.15, 0.2) is 43.2 Å².